The molecule has 0 aliphatic rings. The fourth-order valence-corrected chi connectivity index (χ4v) is 1.95. The van der Waals surface area contributed by atoms with Crippen LogP contribution in [-0.2, 0) is 4.79 Å². The van der Waals surface area contributed by atoms with Gasteiger partial charge in [-0.25, -0.2) is 0 Å². The molecule has 0 saturated carbocycles. The first-order chi connectivity index (χ1) is 8.72. The van der Waals surface area contributed by atoms with E-state index in [-0.39, 0.29) is 5.91 Å². The van der Waals surface area contributed by atoms with Gasteiger partial charge in [0.15, 0.2) is 0 Å². The van der Waals surface area contributed by atoms with E-state index in [1.807, 2.05) is 37.3 Å². The van der Waals surface area contributed by atoms with Gasteiger partial charge in [0.1, 0.15) is 5.38 Å². The molecule has 0 radical (unpaired) electrons. The van der Waals surface area contributed by atoms with Crippen LogP contribution in [0.2, 0.25) is 0 Å². The molecule has 1 amide bonds. The van der Waals surface area contributed by atoms with Gasteiger partial charge in [-0.05, 0) is 30.2 Å². The summed E-state index contributed by atoms with van der Waals surface area (Å²) in [7, 11) is 0. The van der Waals surface area contributed by atoms with Crippen LogP contribution in [0.5, 0.6) is 0 Å². The van der Waals surface area contributed by atoms with Crippen LogP contribution in [0.3, 0.4) is 0 Å². The van der Waals surface area contributed by atoms with Crippen LogP contribution in [0.1, 0.15) is 24.3 Å². The highest BCUT2D eigenvalue weighted by molar-refractivity contribution is 6.30. The Kier molecular flexibility index (Phi) is 4.15. The van der Waals surface area contributed by atoms with Crippen molar-refractivity contribution in [2.45, 2.75) is 18.7 Å². The first-order valence-electron chi connectivity index (χ1n) is 5.99. The maximum Gasteiger partial charge on any atom is 0.242 e. The van der Waals surface area contributed by atoms with Gasteiger partial charge in [0.2, 0.25) is 5.91 Å². The summed E-state index contributed by atoms with van der Waals surface area (Å²) in [4.78, 5) is 16.0. The fourth-order valence-electron chi connectivity index (χ4n) is 1.74. The average molecular weight is 263 g/mol. The van der Waals surface area contributed by atoms with Gasteiger partial charge in [0, 0.05) is 18.1 Å². The number of carbonyl (C=O) groups is 1. The quantitative estimate of drug-likeness (QED) is 0.861. The Morgan fingerprint density at radius 2 is 2.28 bits per heavy atom. The lowest BCUT2D eigenvalue weighted by atomic mass is 10.1. The second-order valence-corrected chi connectivity index (χ2v) is 4.55. The molecule has 1 aromatic heterocycles. The lowest BCUT2D eigenvalue weighted by molar-refractivity contribution is -0.120. The number of benzene rings is 1. The zero-order valence-corrected chi connectivity index (χ0v) is 10.9. The number of hydrogen-bond acceptors (Lipinski definition) is 2. The molecule has 2 rings (SSSR count). The number of carbonyl (C=O) groups excluding carboxylic acids is 1. The summed E-state index contributed by atoms with van der Waals surface area (Å²) in [5.74, 6) is -0.151. The second-order valence-electron chi connectivity index (χ2n) is 4.11. The molecule has 1 aromatic carbocycles. The molecule has 18 heavy (non-hydrogen) atoms. The molecule has 4 heteroatoms. The minimum Gasteiger partial charge on any atom is -0.355 e. The molecule has 2 aromatic rings. The molecule has 0 aliphatic carbocycles. The van der Waals surface area contributed by atoms with E-state index in [0.717, 1.165) is 22.9 Å². The summed E-state index contributed by atoms with van der Waals surface area (Å²) in [5, 5.41) is 3.13. The second kappa shape index (κ2) is 5.83. The molecule has 1 heterocycles. The number of halogens is 1. The van der Waals surface area contributed by atoms with Crippen LogP contribution < -0.4 is 5.32 Å². The molecule has 1 unspecified atom stereocenters. The van der Waals surface area contributed by atoms with E-state index in [2.05, 4.69) is 10.3 Å². The minimum atomic E-state index is -0.652. The Hall–Kier alpha value is -1.61. The van der Waals surface area contributed by atoms with Crippen molar-refractivity contribution >= 4 is 28.4 Å². The van der Waals surface area contributed by atoms with Crippen molar-refractivity contribution in [1.29, 1.82) is 0 Å². The van der Waals surface area contributed by atoms with E-state index < -0.39 is 5.38 Å². The molecule has 0 aliphatic heterocycles. The van der Waals surface area contributed by atoms with Crippen LogP contribution >= 0.6 is 11.6 Å². The van der Waals surface area contributed by atoms with Crippen molar-refractivity contribution in [2.24, 2.45) is 0 Å². The van der Waals surface area contributed by atoms with E-state index >= 15 is 0 Å². The smallest absolute Gasteiger partial charge is 0.242 e. The normalized spacial score (nSPS) is 12.3. The number of pyridine rings is 1. The molecule has 3 nitrogen and oxygen atoms in total. The number of nitrogens with one attached hydrogen (secondary N) is 1. The zero-order valence-electron chi connectivity index (χ0n) is 10.2. The summed E-state index contributed by atoms with van der Waals surface area (Å²) < 4.78 is 0. The average Bonchev–Trinajstić information content (AvgIpc) is 2.43. The van der Waals surface area contributed by atoms with E-state index in [9.17, 15) is 4.79 Å². The number of fused-ring (bicyclic) bond motifs is 1. The highest BCUT2D eigenvalue weighted by Crippen LogP contribution is 2.24. The van der Waals surface area contributed by atoms with Gasteiger partial charge >= 0.3 is 0 Å². The van der Waals surface area contributed by atoms with Gasteiger partial charge in [-0.15, -0.1) is 11.6 Å². The van der Waals surface area contributed by atoms with Crippen molar-refractivity contribution in [3.63, 3.8) is 0 Å². The first kappa shape index (κ1) is 12.8. The number of nitrogens with zero attached hydrogens (tertiary/aromatic N) is 1. The molecule has 0 saturated heterocycles. The summed E-state index contributed by atoms with van der Waals surface area (Å²) >= 11 is 6.16. The molecule has 1 N–H and O–H groups in total. The number of hydrogen-bond donors (Lipinski definition) is 1. The predicted octanol–water partition coefficient (Wildman–Crippen LogP) is 3.04. The Morgan fingerprint density at radius 1 is 1.44 bits per heavy atom. The van der Waals surface area contributed by atoms with Crippen LogP contribution in [0, 0.1) is 0 Å². The van der Waals surface area contributed by atoms with Gasteiger partial charge in [-0.1, -0.05) is 19.1 Å². The molecule has 0 fully saturated rings. The van der Waals surface area contributed by atoms with Crippen molar-refractivity contribution < 1.29 is 4.79 Å². The third kappa shape index (κ3) is 2.79. The van der Waals surface area contributed by atoms with E-state index in [1.165, 1.54) is 0 Å². The number of amides is 1. The summed E-state index contributed by atoms with van der Waals surface area (Å²) in [6.07, 6.45) is 2.64. The zero-order chi connectivity index (χ0) is 13.0. The van der Waals surface area contributed by atoms with E-state index in [0.29, 0.717) is 6.54 Å². The fraction of sp³-hybridized carbons (Fsp3) is 0.286. The molecular formula is C14H15ClN2O. The minimum absolute atomic E-state index is 0.151. The van der Waals surface area contributed by atoms with Gasteiger partial charge in [0.25, 0.3) is 0 Å². The number of rotatable bonds is 4. The Morgan fingerprint density at radius 3 is 3.06 bits per heavy atom. The van der Waals surface area contributed by atoms with Gasteiger partial charge in [-0.2, -0.15) is 0 Å². The highest BCUT2D eigenvalue weighted by atomic mass is 35.5. The highest BCUT2D eigenvalue weighted by Gasteiger charge is 2.17. The number of aromatic nitrogens is 1. The van der Waals surface area contributed by atoms with Crippen molar-refractivity contribution in [3.8, 4) is 0 Å². The molecule has 94 valence electrons. The van der Waals surface area contributed by atoms with Crippen molar-refractivity contribution in [3.05, 3.63) is 42.1 Å². The van der Waals surface area contributed by atoms with Crippen molar-refractivity contribution in [1.82, 2.24) is 10.3 Å². The Labute approximate surface area is 111 Å². The molecule has 0 spiro atoms. The van der Waals surface area contributed by atoms with Gasteiger partial charge in [-0.3, -0.25) is 9.78 Å². The predicted molar refractivity (Wildman–Crippen MR) is 73.6 cm³/mol. The molecule has 1 atom stereocenters. The van der Waals surface area contributed by atoms with E-state index in [1.54, 1.807) is 6.20 Å². The maximum absolute atomic E-state index is 11.8. The number of alkyl halides is 1. The summed E-state index contributed by atoms with van der Waals surface area (Å²) in [5.41, 5.74) is 1.70. The van der Waals surface area contributed by atoms with Crippen LogP contribution in [0.25, 0.3) is 10.9 Å². The lowest BCUT2D eigenvalue weighted by Gasteiger charge is -2.10. The Balaban J connectivity index is 2.22. The molecule has 0 bridgehead atoms. The van der Waals surface area contributed by atoms with Crippen LogP contribution in [-0.4, -0.2) is 17.4 Å². The molecular weight excluding hydrogens is 248 g/mol. The summed E-state index contributed by atoms with van der Waals surface area (Å²) in [6, 6.07) is 9.46. The standard InChI is InChI=1S/C14H15ClN2O/c1-2-7-17-14(18)13(15)11-5-6-12-10(9-11)4-3-8-16-12/h3-6,8-9,13H,2,7H2,1H3,(H,17,18). The Bertz CT molecular complexity index is 556. The third-order valence-corrected chi connectivity index (χ3v) is 3.15. The lowest BCUT2D eigenvalue weighted by Crippen LogP contribution is -2.27. The third-order valence-electron chi connectivity index (χ3n) is 2.70. The topological polar surface area (TPSA) is 42.0 Å². The SMILES string of the molecule is CCCNC(=O)C(Cl)c1ccc2ncccc2c1. The first-order valence-corrected chi connectivity index (χ1v) is 6.42. The van der Waals surface area contributed by atoms with Crippen molar-refractivity contribution in [2.75, 3.05) is 6.54 Å². The van der Waals surface area contributed by atoms with Gasteiger partial charge < -0.3 is 5.32 Å². The monoisotopic (exact) mass is 262 g/mol. The van der Waals surface area contributed by atoms with Crippen LogP contribution in [0.15, 0.2) is 36.5 Å². The largest absolute Gasteiger partial charge is 0.355 e. The van der Waals surface area contributed by atoms with Crippen LogP contribution in [0.4, 0.5) is 0 Å². The van der Waals surface area contributed by atoms with Gasteiger partial charge in [0.05, 0.1) is 5.52 Å². The maximum atomic E-state index is 11.8. The summed E-state index contributed by atoms with van der Waals surface area (Å²) in [6.45, 7) is 2.66. The van der Waals surface area contributed by atoms with E-state index in [4.69, 9.17) is 11.6 Å².